The topological polar surface area (TPSA) is 58.1 Å². The molecule has 0 aliphatic heterocycles. The van der Waals surface area contributed by atoms with Gasteiger partial charge in [0, 0.05) is 20.1 Å². The number of methoxy groups -OCH3 is 2. The molecule has 158 valence electrons. The van der Waals surface area contributed by atoms with Gasteiger partial charge >= 0.3 is 0 Å². The van der Waals surface area contributed by atoms with Gasteiger partial charge in [-0.05, 0) is 49.3 Å². The van der Waals surface area contributed by atoms with E-state index in [-0.39, 0.29) is 6.04 Å². The molecule has 0 saturated heterocycles. The lowest BCUT2D eigenvalue weighted by Gasteiger charge is -2.26. The van der Waals surface area contributed by atoms with Gasteiger partial charge in [-0.15, -0.1) is 0 Å². The average molecular weight is 399 g/mol. The first-order valence-corrected chi connectivity index (χ1v) is 9.93. The molecule has 2 aromatic carbocycles. The summed E-state index contributed by atoms with van der Waals surface area (Å²) in [6.45, 7) is 3.63. The van der Waals surface area contributed by atoms with E-state index >= 15 is 0 Å². The summed E-state index contributed by atoms with van der Waals surface area (Å²) in [7, 11) is 9.23. The first-order chi connectivity index (χ1) is 14.0. The fourth-order valence-corrected chi connectivity index (χ4v) is 3.33. The van der Waals surface area contributed by atoms with Crippen molar-refractivity contribution < 1.29 is 9.47 Å². The molecule has 29 heavy (non-hydrogen) atoms. The fourth-order valence-electron chi connectivity index (χ4n) is 3.33. The molecule has 2 aromatic rings. The van der Waals surface area contributed by atoms with E-state index in [9.17, 15) is 0 Å². The molecule has 0 bridgehead atoms. The summed E-state index contributed by atoms with van der Waals surface area (Å²) in [4.78, 5) is 6.55. The second kappa shape index (κ2) is 11.3. The van der Waals surface area contributed by atoms with E-state index in [1.54, 1.807) is 21.3 Å². The summed E-state index contributed by atoms with van der Waals surface area (Å²) in [6.07, 6.45) is 1.02. The minimum absolute atomic E-state index is 0.149. The molecule has 0 spiro atoms. The molecular formula is C23H34N4O2. The largest absolute Gasteiger partial charge is 0.493 e. The molecular weight excluding hydrogens is 364 g/mol. The molecule has 0 amide bonds. The number of hydrogen-bond acceptors (Lipinski definition) is 4. The van der Waals surface area contributed by atoms with Crippen LogP contribution in [0.3, 0.4) is 0 Å². The molecule has 1 atom stereocenters. The first kappa shape index (κ1) is 22.6. The SMILES string of the molecule is CCc1ccccc1CNC(=NC)NCC(c1ccc(OC)c(OC)c1)N(C)C. The van der Waals surface area contributed by atoms with Crippen LogP contribution in [0, 0.1) is 0 Å². The summed E-state index contributed by atoms with van der Waals surface area (Å²) in [5.74, 6) is 2.24. The minimum atomic E-state index is 0.149. The molecule has 0 saturated carbocycles. The molecule has 1 unspecified atom stereocenters. The summed E-state index contributed by atoms with van der Waals surface area (Å²) in [5.41, 5.74) is 3.79. The van der Waals surface area contributed by atoms with Crippen molar-refractivity contribution in [2.75, 3.05) is 41.9 Å². The van der Waals surface area contributed by atoms with E-state index in [1.165, 1.54) is 11.1 Å². The van der Waals surface area contributed by atoms with Gasteiger partial charge in [-0.3, -0.25) is 4.99 Å². The highest BCUT2D eigenvalue weighted by molar-refractivity contribution is 5.79. The Kier molecular flexibility index (Phi) is 8.80. The zero-order chi connectivity index (χ0) is 21.2. The van der Waals surface area contributed by atoms with Crippen LogP contribution in [0.1, 0.15) is 29.7 Å². The predicted octanol–water partition coefficient (Wildman–Crippen LogP) is 3.23. The minimum Gasteiger partial charge on any atom is -0.493 e. The number of likely N-dealkylation sites (N-methyl/N-ethyl adjacent to an activating group) is 1. The third kappa shape index (κ3) is 6.12. The van der Waals surface area contributed by atoms with Crippen LogP contribution >= 0.6 is 0 Å². The van der Waals surface area contributed by atoms with Crippen LogP contribution in [-0.4, -0.2) is 52.8 Å². The maximum atomic E-state index is 5.46. The highest BCUT2D eigenvalue weighted by atomic mass is 16.5. The number of nitrogens with one attached hydrogen (secondary N) is 2. The van der Waals surface area contributed by atoms with Gasteiger partial charge in [0.25, 0.3) is 0 Å². The van der Waals surface area contributed by atoms with Gasteiger partial charge in [0.05, 0.1) is 20.3 Å². The van der Waals surface area contributed by atoms with E-state index in [2.05, 4.69) is 71.9 Å². The van der Waals surface area contributed by atoms with Crippen molar-refractivity contribution >= 4 is 5.96 Å². The molecule has 2 N–H and O–H groups in total. The van der Waals surface area contributed by atoms with E-state index < -0.39 is 0 Å². The van der Waals surface area contributed by atoms with Crippen LogP contribution in [-0.2, 0) is 13.0 Å². The second-order valence-electron chi connectivity index (χ2n) is 7.02. The summed E-state index contributed by atoms with van der Waals surface area (Å²) in [6, 6.07) is 14.7. The van der Waals surface area contributed by atoms with E-state index in [1.807, 2.05) is 12.1 Å². The Morgan fingerprint density at radius 1 is 1.00 bits per heavy atom. The zero-order valence-electron chi connectivity index (χ0n) is 18.5. The van der Waals surface area contributed by atoms with E-state index in [0.717, 1.165) is 36.0 Å². The van der Waals surface area contributed by atoms with Gasteiger partial charge in [-0.2, -0.15) is 0 Å². The number of hydrogen-bond donors (Lipinski definition) is 2. The summed E-state index contributed by atoms with van der Waals surface area (Å²) < 4.78 is 10.8. The van der Waals surface area contributed by atoms with Crippen LogP contribution in [0.25, 0.3) is 0 Å². The van der Waals surface area contributed by atoms with Gasteiger partial charge < -0.3 is 25.0 Å². The van der Waals surface area contributed by atoms with Gasteiger partial charge in [0.15, 0.2) is 17.5 Å². The standard InChI is InChI=1S/C23H34N4O2/c1-7-17-10-8-9-11-19(17)15-25-23(24-2)26-16-20(27(3)4)18-12-13-21(28-5)22(14-18)29-6/h8-14,20H,7,15-16H2,1-6H3,(H2,24,25,26). The smallest absolute Gasteiger partial charge is 0.191 e. The Bertz CT molecular complexity index is 805. The van der Waals surface area contributed by atoms with Crippen molar-refractivity contribution in [1.82, 2.24) is 15.5 Å². The van der Waals surface area contributed by atoms with Gasteiger partial charge in [0.1, 0.15) is 0 Å². The van der Waals surface area contributed by atoms with Crippen LogP contribution in [0.4, 0.5) is 0 Å². The van der Waals surface area contributed by atoms with Crippen molar-refractivity contribution in [3.05, 3.63) is 59.2 Å². The second-order valence-corrected chi connectivity index (χ2v) is 7.02. The molecule has 0 aliphatic rings. The average Bonchev–Trinajstić information content (AvgIpc) is 2.75. The van der Waals surface area contributed by atoms with E-state index in [4.69, 9.17) is 9.47 Å². The van der Waals surface area contributed by atoms with Crippen molar-refractivity contribution in [2.24, 2.45) is 4.99 Å². The highest BCUT2D eigenvalue weighted by Crippen LogP contribution is 2.31. The third-order valence-electron chi connectivity index (χ3n) is 5.05. The first-order valence-electron chi connectivity index (χ1n) is 9.93. The van der Waals surface area contributed by atoms with Crippen molar-refractivity contribution in [2.45, 2.75) is 25.9 Å². The number of benzene rings is 2. The lowest BCUT2D eigenvalue weighted by molar-refractivity contribution is 0.295. The van der Waals surface area contributed by atoms with E-state index in [0.29, 0.717) is 6.54 Å². The van der Waals surface area contributed by atoms with Gasteiger partial charge in [-0.1, -0.05) is 37.3 Å². The highest BCUT2D eigenvalue weighted by Gasteiger charge is 2.17. The Labute approximate surface area is 174 Å². The zero-order valence-corrected chi connectivity index (χ0v) is 18.5. The molecule has 0 heterocycles. The quantitative estimate of drug-likeness (QED) is 0.502. The molecule has 6 heteroatoms. The molecule has 0 fully saturated rings. The maximum absolute atomic E-state index is 5.46. The lowest BCUT2D eigenvalue weighted by atomic mass is 10.0. The number of aryl methyl sites for hydroxylation is 1. The summed E-state index contributed by atoms with van der Waals surface area (Å²) >= 11 is 0. The fraction of sp³-hybridized carbons (Fsp3) is 0.435. The lowest BCUT2D eigenvalue weighted by Crippen LogP contribution is -2.41. The van der Waals surface area contributed by atoms with Crippen LogP contribution in [0.2, 0.25) is 0 Å². The molecule has 6 nitrogen and oxygen atoms in total. The Morgan fingerprint density at radius 3 is 2.28 bits per heavy atom. The Hall–Kier alpha value is -2.73. The molecule has 0 radical (unpaired) electrons. The van der Waals surface area contributed by atoms with Crippen molar-refractivity contribution in [1.29, 1.82) is 0 Å². The van der Waals surface area contributed by atoms with Crippen LogP contribution in [0.5, 0.6) is 11.5 Å². The monoisotopic (exact) mass is 398 g/mol. The third-order valence-corrected chi connectivity index (χ3v) is 5.05. The Morgan fingerprint density at radius 2 is 1.69 bits per heavy atom. The predicted molar refractivity (Wildman–Crippen MR) is 120 cm³/mol. The van der Waals surface area contributed by atoms with Gasteiger partial charge in [-0.25, -0.2) is 0 Å². The number of nitrogens with zero attached hydrogens (tertiary/aromatic N) is 2. The number of ether oxygens (including phenoxy) is 2. The normalized spacial score (nSPS) is 12.6. The van der Waals surface area contributed by atoms with Gasteiger partial charge in [0.2, 0.25) is 0 Å². The van der Waals surface area contributed by atoms with Crippen LogP contribution < -0.4 is 20.1 Å². The number of aliphatic imine (C=N–C) groups is 1. The van der Waals surface area contributed by atoms with Crippen LogP contribution in [0.15, 0.2) is 47.5 Å². The molecule has 0 aromatic heterocycles. The van der Waals surface area contributed by atoms with Crippen molar-refractivity contribution in [3.63, 3.8) is 0 Å². The molecule has 2 rings (SSSR count). The number of guanidine groups is 1. The Balaban J connectivity index is 2.05. The molecule has 0 aliphatic carbocycles. The maximum Gasteiger partial charge on any atom is 0.191 e. The van der Waals surface area contributed by atoms with Crippen molar-refractivity contribution in [3.8, 4) is 11.5 Å². The number of rotatable bonds is 9. The summed E-state index contributed by atoms with van der Waals surface area (Å²) in [5, 5.41) is 6.87.